The standard InChI is InChI=1S/C19H23ClN2O2/c1-14-6-7-18(24-2)17(12-14)21-11-9-19(23)22-10-8-15-4-3-5-16(20)13-15/h3-7,12-13,21H,8-11H2,1-2H3,(H,22,23). The minimum Gasteiger partial charge on any atom is -0.495 e. The second kappa shape index (κ2) is 9.18. The van der Waals surface area contributed by atoms with Crippen molar-refractivity contribution in [3.8, 4) is 5.75 Å². The number of hydrogen-bond donors (Lipinski definition) is 2. The highest BCUT2D eigenvalue weighted by atomic mass is 35.5. The number of amides is 1. The second-order valence-corrected chi connectivity index (χ2v) is 6.05. The summed E-state index contributed by atoms with van der Waals surface area (Å²) in [5.41, 5.74) is 3.17. The third-order valence-corrected chi connectivity index (χ3v) is 3.88. The van der Waals surface area contributed by atoms with Crippen LogP contribution in [0.5, 0.6) is 5.75 Å². The number of anilines is 1. The van der Waals surface area contributed by atoms with Gasteiger partial charge in [0, 0.05) is 24.5 Å². The summed E-state index contributed by atoms with van der Waals surface area (Å²) >= 11 is 5.94. The van der Waals surface area contributed by atoms with Gasteiger partial charge in [0.05, 0.1) is 12.8 Å². The monoisotopic (exact) mass is 346 g/mol. The maximum absolute atomic E-state index is 11.9. The Morgan fingerprint density at radius 1 is 1.17 bits per heavy atom. The summed E-state index contributed by atoms with van der Waals surface area (Å²) < 4.78 is 5.31. The second-order valence-electron chi connectivity index (χ2n) is 5.61. The molecular weight excluding hydrogens is 324 g/mol. The van der Waals surface area contributed by atoms with Gasteiger partial charge in [0.15, 0.2) is 0 Å². The van der Waals surface area contributed by atoms with E-state index in [2.05, 4.69) is 10.6 Å². The molecule has 0 aliphatic rings. The van der Waals surface area contributed by atoms with Crippen LogP contribution in [0.15, 0.2) is 42.5 Å². The minimum atomic E-state index is 0.0242. The van der Waals surface area contributed by atoms with Crippen molar-refractivity contribution in [1.82, 2.24) is 5.32 Å². The number of nitrogens with one attached hydrogen (secondary N) is 2. The predicted molar refractivity (Wildman–Crippen MR) is 99.0 cm³/mol. The highest BCUT2D eigenvalue weighted by molar-refractivity contribution is 6.30. The lowest BCUT2D eigenvalue weighted by Gasteiger charge is -2.12. The summed E-state index contributed by atoms with van der Waals surface area (Å²) in [6.45, 7) is 3.18. The lowest BCUT2D eigenvalue weighted by atomic mass is 10.1. The highest BCUT2D eigenvalue weighted by Crippen LogP contribution is 2.24. The Bertz CT molecular complexity index is 689. The quantitative estimate of drug-likeness (QED) is 0.764. The zero-order valence-corrected chi connectivity index (χ0v) is 14.8. The highest BCUT2D eigenvalue weighted by Gasteiger charge is 2.05. The number of aryl methyl sites for hydroxylation is 1. The van der Waals surface area contributed by atoms with E-state index >= 15 is 0 Å². The molecule has 24 heavy (non-hydrogen) atoms. The summed E-state index contributed by atoms with van der Waals surface area (Å²) in [5, 5.41) is 6.89. The molecule has 0 unspecified atom stereocenters. The van der Waals surface area contributed by atoms with Crippen molar-refractivity contribution in [2.45, 2.75) is 19.8 Å². The van der Waals surface area contributed by atoms with E-state index in [4.69, 9.17) is 16.3 Å². The third kappa shape index (κ3) is 5.78. The predicted octanol–water partition coefficient (Wildman–Crippen LogP) is 3.82. The van der Waals surface area contributed by atoms with Gasteiger partial charge < -0.3 is 15.4 Å². The van der Waals surface area contributed by atoms with Gasteiger partial charge in [0.1, 0.15) is 5.75 Å². The number of benzene rings is 2. The molecule has 2 N–H and O–H groups in total. The van der Waals surface area contributed by atoms with E-state index in [-0.39, 0.29) is 5.91 Å². The average molecular weight is 347 g/mol. The van der Waals surface area contributed by atoms with E-state index in [1.54, 1.807) is 7.11 Å². The third-order valence-electron chi connectivity index (χ3n) is 3.65. The first-order valence-electron chi connectivity index (χ1n) is 7.98. The molecule has 0 saturated carbocycles. The largest absolute Gasteiger partial charge is 0.495 e. The normalized spacial score (nSPS) is 10.3. The first kappa shape index (κ1) is 18.1. The van der Waals surface area contributed by atoms with Crippen LogP contribution < -0.4 is 15.4 Å². The van der Waals surface area contributed by atoms with Gasteiger partial charge in [-0.2, -0.15) is 0 Å². The Balaban J connectivity index is 1.71. The SMILES string of the molecule is COc1ccc(C)cc1NCCC(=O)NCCc1cccc(Cl)c1. The molecule has 0 aromatic heterocycles. The van der Waals surface area contributed by atoms with Crippen LogP contribution in [0.2, 0.25) is 5.02 Å². The zero-order chi connectivity index (χ0) is 17.4. The van der Waals surface area contributed by atoms with Crippen molar-refractivity contribution < 1.29 is 9.53 Å². The molecular formula is C19H23ClN2O2. The molecule has 2 rings (SSSR count). The van der Waals surface area contributed by atoms with Crippen molar-refractivity contribution in [2.75, 3.05) is 25.5 Å². The number of carbonyl (C=O) groups excluding carboxylic acids is 1. The lowest BCUT2D eigenvalue weighted by molar-refractivity contribution is -0.120. The zero-order valence-electron chi connectivity index (χ0n) is 14.1. The van der Waals surface area contributed by atoms with Gasteiger partial charge in [0.2, 0.25) is 5.91 Å². The molecule has 2 aromatic rings. The van der Waals surface area contributed by atoms with Crippen LogP contribution in [0.25, 0.3) is 0 Å². The molecule has 1 amide bonds. The summed E-state index contributed by atoms with van der Waals surface area (Å²) in [6, 6.07) is 13.6. The van der Waals surface area contributed by atoms with Gasteiger partial charge in [-0.1, -0.05) is 29.8 Å². The Morgan fingerprint density at radius 2 is 2.00 bits per heavy atom. The molecule has 0 heterocycles. The van der Waals surface area contributed by atoms with Crippen molar-refractivity contribution >= 4 is 23.2 Å². The van der Waals surface area contributed by atoms with Gasteiger partial charge in [-0.25, -0.2) is 0 Å². The van der Waals surface area contributed by atoms with Crippen molar-refractivity contribution in [3.05, 3.63) is 58.6 Å². The molecule has 0 bridgehead atoms. The van der Waals surface area contributed by atoms with E-state index in [0.29, 0.717) is 19.5 Å². The molecule has 4 nitrogen and oxygen atoms in total. The molecule has 0 aliphatic heterocycles. The fourth-order valence-electron chi connectivity index (χ4n) is 2.40. The Labute approximate surface area is 148 Å². The number of hydrogen-bond acceptors (Lipinski definition) is 3. The fourth-order valence-corrected chi connectivity index (χ4v) is 2.61. The first-order chi connectivity index (χ1) is 11.6. The molecule has 2 aromatic carbocycles. The van der Waals surface area contributed by atoms with Crippen molar-refractivity contribution in [1.29, 1.82) is 0 Å². The Hall–Kier alpha value is -2.20. The molecule has 0 spiro atoms. The Morgan fingerprint density at radius 3 is 2.75 bits per heavy atom. The van der Waals surface area contributed by atoms with Crippen LogP contribution in [-0.4, -0.2) is 26.1 Å². The lowest BCUT2D eigenvalue weighted by Crippen LogP contribution is -2.27. The van der Waals surface area contributed by atoms with Crippen LogP contribution in [0.4, 0.5) is 5.69 Å². The topological polar surface area (TPSA) is 50.4 Å². The Kier molecular flexibility index (Phi) is 6.94. The van der Waals surface area contributed by atoms with E-state index in [9.17, 15) is 4.79 Å². The average Bonchev–Trinajstić information content (AvgIpc) is 2.55. The molecule has 0 aliphatic carbocycles. The first-order valence-corrected chi connectivity index (χ1v) is 8.36. The van der Waals surface area contributed by atoms with E-state index in [0.717, 1.165) is 34.0 Å². The summed E-state index contributed by atoms with van der Waals surface area (Å²) in [5.74, 6) is 0.804. The number of halogens is 1. The van der Waals surface area contributed by atoms with Crippen molar-refractivity contribution in [3.63, 3.8) is 0 Å². The van der Waals surface area contributed by atoms with Crippen LogP contribution >= 0.6 is 11.6 Å². The number of rotatable bonds is 8. The van der Waals surface area contributed by atoms with Crippen LogP contribution in [0, 0.1) is 6.92 Å². The maximum atomic E-state index is 11.9. The van der Waals surface area contributed by atoms with Crippen LogP contribution in [0.1, 0.15) is 17.5 Å². The number of methoxy groups -OCH3 is 1. The minimum absolute atomic E-state index is 0.0242. The van der Waals surface area contributed by atoms with E-state index in [1.807, 2.05) is 49.4 Å². The molecule has 0 atom stereocenters. The van der Waals surface area contributed by atoms with E-state index < -0.39 is 0 Å². The summed E-state index contributed by atoms with van der Waals surface area (Å²) in [6.07, 6.45) is 1.18. The number of carbonyl (C=O) groups is 1. The molecule has 0 radical (unpaired) electrons. The van der Waals surface area contributed by atoms with Crippen LogP contribution in [-0.2, 0) is 11.2 Å². The van der Waals surface area contributed by atoms with Crippen molar-refractivity contribution in [2.24, 2.45) is 0 Å². The van der Waals surface area contributed by atoms with Gasteiger partial charge in [-0.05, 0) is 48.7 Å². The van der Waals surface area contributed by atoms with Gasteiger partial charge in [0.25, 0.3) is 0 Å². The number of ether oxygens (including phenoxy) is 1. The smallest absolute Gasteiger partial charge is 0.221 e. The summed E-state index contributed by atoms with van der Waals surface area (Å²) in [4.78, 5) is 11.9. The van der Waals surface area contributed by atoms with Gasteiger partial charge in [-0.3, -0.25) is 4.79 Å². The van der Waals surface area contributed by atoms with Crippen LogP contribution in [0.3, 0.4) is 0 Å². The molecule has 0 saturated heterocycles. The van der Waals surface area contributed by atoms with E-state index in [1.165, 1.54) is 0 Å². The summed E-state index contributed by atoms with van der Waals surface area (Å²) in [7, 11) is 1.64. The molecule has 0 fully saturated rings. The fraction of sp³-hybridized carbons (Fsp3) is 0.316. The molecule has 128 valence electrons. The maximum Gasteiger partial charge on any atom is 0.221 e. The van der Waals surface area contributed by atoms with Gasteiger partial charge in [-0.15, -0.1) is 0 Å². The molecule has 5 heteroatoms. The van der Waals surface area contributed by atoms with Gasteiger partial charge >= 0.3 is 0 Å².